The molecule has 0 N–H and O–H groups in total. The third kappa shape index (κ3) is 7.46. The van der Waals surface area contributed by atoms with Crippen molar-refractivity contribution < 1.29 is 0 Å². The Morgan fingerprint density at radius 3 is 1.42 bits per heavy atom. The van der Waals surface area contributed by atoms with Crippen LogP contribution in [-0.2, 0) is 10.8 Å². The molecule has 2 heterocycles. The maximum absolute atomic E-state index is 2.36. The second kappa shape index (κ2) is 9.02. The molecule has 2 rings (SSSR count). The number of allylic oxidation sites excluding steroid dienone is 7. The van der Waals surface area contributed by atoms with Crippen molar-refractivity contribution in [3.8, 4) is 0 Å². The first kappa shape index (κ1) is 26.1. The second-order valence-electron chi connectivity index (χ2n) is 12.8. The van der Waals surface area contributed by atoms with Crippen molar-refractivity contribution in [3.05, 3.63) is 67.1 Å². The zero-order valence-electron chi connectivity index (χ0n) is 21.9. The Hall–Kier alpha value is -1.12. The molecule has 0 bridgehead atoms. The van der Waals surface area contributed by atoms with Gasteiger partial charge < -0.3 is 0 Å². The lowest BCUT2D eigenvalue weighted by Crippen LogP contribution is -2.14. The van der Waals surface area contributed by atoms with Crippen molar-refractivity contribution in [2.24, 2.45) is 10.8 Å². The van der Waals surface area contributed by atoms with E-state index < -0.39 is 0 Å². The molecule has 2 heteroatoms. The molecule has 0 radical (unpaired) electrons. The quantitative estimate of drug-likeness (QED) is 0.400. The first-order valence-corrected chi connectivity index (χ1v) is 13.0. The van der Waals surface area contributed by atoms with E-state index in [1.165, 1.54) is 30.7 Å². The smallest absolute Gasteiger partial charge is 0.0978 e. The van der Waals surface area contributed by atoms with Gasteiger partial charge in [0.1, 0.15) is 0 Å². The van der Waals surface area contributed by atoms with Crippen LogP contribution in [-0.4, -0.2) is 0 Å². The summed E-state index contributed by atoms with van der Waals surface area (Å²) in [6.45, 7) is 27.6. The molecule has 1 aromatic rings. The Bertz CT molecular complexity index is 861. The van der Waals surface area contributed by atoms with Crippen molar-refractivity contribution in [1.82, 2.24) is 0 Å². The zero-order chi connectivity index (χ0) is 23.8. The molecule has 0 aromatic carbocycles. The molecule has 0 unspecified atom stereocenters. The Morgan fingerprint density at radius 2 is 1.06 bits per heavy atom. The summed E-state index contributed by atoms with van der Waals surface area (Å²) in [7, 11) is 0. The standard InChI is InChI=1S/C29H43S2/c1-26(2,3)22-16-20(17-23(30-22)27(4,5)6)14-13-15-21-18-24(28(7,8)9)31-25(19-21)29(10,11)12/h13-19H,1-12H3/q+1. The minimum absolute atomic E-state index is 0.155. The Kier molecular flexibility index (Phi) is 7.61. The van der Waals surface area contributed by atoms with E-state index in [0.717, 1.165) is 0 Å². The fourth-order valence-electron chi connectivity index (χ4n) is 2.98. The highest BCUT2D eigenvalue weighted by atomic mass is 32.2. The van der Waals surface area contributed by atoms with Crippen molar-refractivity contribution in [2.75, 3.05) is 0 Å². The molecule has 0 saturated heterocycles. The van der Waals surface area contributed by atoms with Crippen LogP contribution in [0, 0.1) is 10.8 Å². The minimum atomic E-state index is 0.155. The minimum Gasteiger partial charge on any atom is -0.0978 e. The number of hydrogen-bond donors (Lipinski definition) is 0. The predicted octanol–water partition coefficient (Wildman–Crippen LogP) is 10.2. The topological polar surface area (TPSA) is 0 Å². The fraction of sp³-hybridized carbons (Fsp3) is 0.552. The highest BCUT2D eigenvalue weighted by Crippen LogP contribution is 2.48. The van der Waals surface area contributed by atoms with Gasteiger partial charge in [-0.25, -0.2) is 0 Å². The number of thioether (sulfide) groups is 1. The molecule has 0 spiro atoms. The van der Waals surface area contributed by atoms with Gasteiger partial charge in [0, 0.05) is 23.0 Å². The molecule has 0 atom stereocenters. The van der Waals surface area contributed by atoms with Gasteiger partial charge in [0.05, 0.1) is 0 Å². The lowest BCUT2D eigenvalue weighted by atomic mass is 9.91. The molecule has 1 aromatic heterocycles. The normalized spacial score (nSPS) is 16.5. The predicted molar refractivity (Wildman–Crippen MR) is 146 cm³/mol. The van der Waals surface area contributed by atoms with E-state index in [9.17, 15) is 0 Å². The average Bonchev–Trinajstić information content (AvgIpc) is 2.58. The molecule has 1 aliphatic heterocycles. The molecule has 0 aliphatic carbocycles. The van der Waals surface area contributed by atoms with Gasteiger partial charge in [-0.1, -0.05) is 113 Å². The molecule has 0 amide bonds. The van der Waals surface area contributed by atoms with Crippen LogP contribution < -0.4 is 0 Å². The van der Waals surface area contributed by atoms with Crippen LogP contribution in [0.3, 0.4) is 0 Å². The highest BCUT2D eigenvalue weighted by molar-refractivity contribution is 8.06. The lowest BCUT2D eigenvalue weighted by Gasteiger charge is -2.31. The van der Waals surface area contributed by atoms with Gasteiger partial charge in [0.25, 0.3) is 0 Å². The summed E-state index contributed by atoms with van der Waals surface area (Å²) in [5, 5.41) is 0. The molecular weight excluding hydrogens is 412 g/mol. The van der Waals surface area contributed by atoms with Gasteiger partial charge in [0.15, 0.2) is 0 Å². The highest BCUT2D eigenvalue weighted by Gasteiger charge is 2.31. The van der Waals surface area contributed by atoms with Crippen LogP contribution in [0.5, 0.6) is 0 Å². The van der Waals surface area contributed by atoms with E-state index in [-0.39, 0.29) is 21.7 Å². The van der Waals surface area contributed by atoms with Gasteiger partial charge in [-0.05, 0) is 43.9 Å². The Balaban J connectivity index is 2.47. The summed E-state index contributed by atoms with van der Waals surface area (Å²) in [6.07, 6.45) is 11.5. The Labute approximate surface area is 200 Å². The molecule has 1 aliphatic rings. The van der Waals surface area contributed by atoms with Crippen LogP contribution in [0.25, 0.3) is 6.08 Å². The maximum atomic E-state index is 2.36. The molecular formula is C29H43S2+. The summed E-state index contributed by atoms with van der Waals surface area (Å²) < 4.78 is 0. The average molecular weight is 456 g/mol. The Morgan fingerprint density at radius 1 is 0.645 bits per heavy atom. The van der Waals surface area contributed by atoms with E-state index in [4.69, 9.17) is 0 Å². The van der Waals surface area contributed by atoms with E-state index in [1.54, 1.807) is 0 Å². The molecule has 0 fully saturated rings. The molecule has 0 saturated carbocycles. The van der Waals surface area contributed by atoms with Gasteiger partial charge in [-0.2, -0.15) is 0 Å². The third-order valence-corrected chi connectivity index (χ3v) is 8.97. The van der Waals surface area contributed by atoms with E-state index in [1.807, 2.05) is 23.1 Å². The number of rotatable bonds is 2. The van der Waals surface area contributed by atoms with Crippen molar-refractivity contribution in [3.63, 3.8) is 0 Å². The second-order valence-corrected chi connectivity index (χ2v) is 14.9. The first-order chi connectivity index (χ1) is 13.9. The van der Waals surface area contributed by atoms with Crippen LogP contribution in [0.2, 0.25) is 0 Å². The van der Waals surface area contributed by atoms with E-state index >= 15 is 0 Å². The summed E-state index contributed by atoms with van der Waals surface area (Å²) in [5.41, 5.74) is 3.20. The largest absolute Gasteiger partial charge is 0.219 e. The monoisotopic (exact) mass is 455 g/mol. The van der Waals surface area contributed by atoms with Gasteiger partial charge in [-0.3, -0.25) is 0 Å². The molecule has 0 nitrogen and oxygen atoms in total. The zero-order valence-corrected chi connectivity index (χ0v) is 23.5. The van der Waals surface area contributed by atoms with Crippen molar-refractivity contribution in [1.29, 1.82) is 0 Å². The van der Waals surface area contributed by atoms with Crippen LogP contribution in [0.1, 0.15) is 98.4 Å². The molecule has 170 valence electrons. The van der Waals surface area contributed by atoms with Gasteiger partial charge in [-0.15, -0.1) is 0 Å². The van der Waals surface area contributed by atoms with E-state index in [2.05, 4.69) is 126 Å². The SMILES string of the molecule is CC(C)(C)C1=CC(=CC=Cc2cc(C(C)(C)C)[s+]c(C(C)(C)C)c2)C=C(C(C)(C)C)S1. The summed E-state index contributed by atoms with van der Waals surface area (Å²) in [5.74, 6) is 0. The summed E-state index contributed by atoms with van der Waals surface area (Å²) in [4.78, 5) is 5.74. The van der Waals surface area contributed by atoms with Crippen LogP contribution in [0.4, 0.5) is 0 Å². The first-order valence-electron chi connectivity index (χ1n) is 11.4. The third-order valence-electron chi connectivity index (χ3n) is 5.17. The van der Waals surface area contributed by atoms with E-state index in [0.29, 0.717) is 0 Å². The fourth-order valence-corrected chi connectivity index (χ4v) is 5.46. The lowest BCUT2D eigenvalue weighted by molar-refractivity contribution is 0.521. The van der Waals surface area contributed by atoms with Crippen molar-refractivity contribution in [2.45, 2.75) is 93.9 Å². The van der Waals surface area contributed by atoms with Gasteiger partial charge >= 0.3 is 0 Å². The van der Waals surface area contributed by atoms with Crippen LogP contribution >= 0.6 is 23.1 Å². The van der Waals surface area contributed by atoms with Crippen LogP contribution in [0.15, 0.2) is 51.8 Å². The van der Waals surface area contributed by atoms with Gasteiger partial charge in [0.2, 0.25) is 21.1 Å². The van der Waals surface area contributed by atoms with Crippen molar-refractivity contribution >= 4 is 29.2 Å². The number of hydrogen-bond acceptors (Lipinski definition) is 1. The maximum Gasteiger partial charge on any atom is 0.219 e. The molecule has 31 heavy (non-hydrogen) atoms. The summed E-state index contributed by atoms with van der Waals surface area (Å²) in [6, 6.07) is 4.72. The summed E-state index contributed by atoms with van der Waals surface area (Å²) >= 11 is 3.89.